The molecule has 0 spiro atoms. The van der Waals surface area contributed by atoms with E-state index in [4.69, 9.17) is 20.7 Å². The van der Waals surface area contributed by atoms with Crippen LogP contribution in [0.3, 0.4) is 0 Å². The lowest BCUT2D eigenvalue weighted by atomic mass is 10.1. The van der Waals surface area contributed by atoms with Crippen LogP contribution in [-0.2, 0) is 11.2 Å². The van der Waals surface area contributed by atoms with Gasteiger partial charge < -0.3 is 20.7 Å². The molecule has 1 aliphatic rings. The van der Waals surface area contributed by atoms with Crippen LogP contribution in [0.4, 0.5) is 0 Å². The van der Waals surface area contributed by atoms with Gasteiger partial charge in [-0.2, -0.15) is 0 Å². The van der Waals surface area contributed by atoms with Crippen LogP contribution in [0.15, 0.2) is 12.1 Å². The van der Waals surface area contributed by atoms with E-state index < -0.39 is 12.0 Å². The molecular weight excluding hydrogens is 186 g/mol. The zero-order valence-corrected chi connectivity index (χ0v) is 7.23. The maximum atomic E-state index is 10.5. The molecule has 1 aromatic carbocycles. The number of benzene rings is 1. The summed E-state index contributed by atoms with van der Waals surface area (Å²) in [5.74, 6) is 0.0157. The Bertz CT molecular complexity index is 402. The summed E-state index contributed by atoms with van der Waals surface area (Å²) in [5.41, 5.74) is 6.08. The molecule has 0 saturated carbocycles. The maximum Gasteiger partial charge on any atom is 0.320 e. The van der Waals surface area contributed by atoms with Crippen LogP contribution in [0.1, 0.15) is 5.56 Å². The van der Waals surface area contributed by atoms with Crippen LogP contribution in [0, 0.1) is 0 Å². The number of carboxylic acids is 1. The largest absolute Gasteiger partial charge is 0.504 e. The molecule has 0 radical (unpaired) electrons. The van der Waals surface area contributed by atoms with Gasteiger partial charge in [0.2, 0.25) is 5.75 Å². The van der Waals surface area contributed by atoms with E-state index in [0.717, 1.165) is 0 Å². The quantitative estimate of drug-likeness (QED) is 0.618. The number of carboxylic acid groups (broad SMARTS) is 1. The van der Waals surface area contributed by atoms with Crippen LogP contribution in [0.2, 0.25) is 0 Å². The summed E-state index contributed by atoms with van der Waals surface area (Å²) in [7, 11) is 0. The molecule has 0 saturated heterocycles. The Morgan fingerprint density at radius 2 is 2.21 bits per heavy atom. The molecule has 0 amide bonds. The first-order valence-electron chi connectivity index (χ1n) is 4.10. The van der Waals surface area contributed by atoms with E-state index in [1.165, 1.54) is 6.07 Å². The van der Waals surface area contributed by atoms with Gasteiger partial charge in [0.25, 0.3) is 0 Å². The van der Waals surface area contributed by atoms with Gasteiger partial charge in [-0.15, -0.1) is 0 Å². The second-order valence-electron chi connectivity index (χ2n) is 3.15. The third-order valence-electron chi connectivity index (χ3n) is 2.09. The summed E-state index contributed by atoms with van der Waals surface area (Å²) < 4.78 is 4.98. The average Bonchev–Trinajstić information content (AvgIpc) is 2.89. The number of aliphatic carboxylic acids is 1. The summed E-state index contributed by atoms with van der Waals surface area (Å²) >= 11 is 0. The summed E-state index contributed by atoms with van der Waals surface area (Å²) in [6, 6.07) is 2.15. The standard InChI is InChI=1S/C9H9NO4/c10-5(9(12)13)3-4-1-2-6(11)8-7(4)14-8/h1-2,5,11H,3,10H2,(H,12,13). The molecule has 0 aliphatic carbocycles. The lowest BCUT2D eigenvalue weighted by Crippen LogP contribution is -2.32. The fraction of sp³-hybridized carbons (Fsp3) is 0.222. The molecule has 1 aliphatic heterocycles. The minimum absolute atomic E-state index is 0.0765. The number of aromatic hydroxyl groups is 1. The van der Waals surface area contributed by atoms with Crippen molar-refractivity contribution in [2.24, 2.45) is 5.73 Å². The zero-order chi connectivity index (χ0) is 10.3. The summed E-state index contributed by atoms with van der Waals surface area (Å²) in [4.78, 5) is 10.5. The third kappa shape index (κ3) is 1.38. The zero-order valence-electron chi connectivity index (χ0n) is 7.23. The molecule has 74 valence electrons. The number of phenols is 1. The van der Waals surface area contributed by atoms with Crippen LogP contribution in [0.5, 0.6) is 17.2 Å². The second-order valence-corrected chi connectivity index (χ2v) is 3.15. The van der Waals surface area contributed by atoms with Crippen molar-refractivity contribution in [3.05, 3.63) is 17.7 Å². The number of fused-ring (bicyclic) bond motifs is 1. The number of ether oxygens (including phenoxy) is 1. The minimum Gasteiger partial charge on any atom is -0.504 e. The van der Waals surface area contributed by atoms with Crippen molar-refractivity contribution in [2.45, 2.75) is 12.5 Å². The summed E-state index contributed by atoms with van der Waals surface area (Å²) in [6.45, 7) is 0. The molecule has 0 bridgehead atoms. The normalized spacial score (nSPS) is 14.1. The summed E-state index contributed by atoms with van der Waals surface area (Å²) in [5, 5.41) is 17.8. The topological polar surface area (TPSA) is 96.1 Å². The van der Waals surface area contributed by atoms with Crippen LogP contribution in [0.25, 0.3) is 0 Å². The average molecular weight is 195 g/mol. The Hall–Kier alpha value is -1.75. The minimum atomic E-state index is -1.05. The SMILES string of the molecule is NC(Cc1ccc(O)c2c1O2)C(=O)O. The number of carbonyl (C=O) groups is 1. The van der Waals surface area contributed by atoms with Gasteiger partial charge in [-0.3, -0.25) is 4.79 Å². The number of nitrogens with two attached hydrogens (primary N) is 1. The highest BCUT2D eigenvalue weighted by atomic mass is 16.6. The molecule has 2 rings (SSSR count). The van der Waals surface area contributed by atoms with Crippen LogP contribution < -0.4 is 10.5 Å². The molecule has 1 aromatic rings. The predicted molar refractivity (Wildman–Crippen MR) is 47.5 cm³/mol. The van der Waals surface area contributed by atoms with Crippen molar-refractivity contribution < 1.29 is 19.7 Å². The Morgan fingerprint density at radius 3 is 2.86 bits per heavy atom. The second kappa shape index (κ2) is 2.88. The predicted octanol–water partition coefficient (Wildman–Crippen LogP) is 0.452. The van der Waals surface area contributed by atoms with Crippen molar-refractivity contribution in [1.82, 2.24) is 0 Å². The van der Waals surface area contributed by atoms with E-state index in [-0.39, 0.29) is 12.2 Å². The fourth-order valence-electron chi connectivity index (χ4n) is 1.27. The van der Waals surface area contributed by atoms with Crippen LogP contribution >= 0.6 is 0 Å². The van der Waals surface area contributed by atoms with Crippen molar-refractivity contribution in [2.75, 3.05) is 0 Å². The first kappa shape index (κ1) is 8.83. The summed E-state index contributed by atoms with van der Waals surface area (Å²) in [6.07, 6.45) is 0.206. The molecule has 14 heavy (non-hydrogen) atoms. The van der Waals surface area contributed by atoms with Crippen molar-refractivity contribution in [3.8, 4) is 17.2 Å². The Balaban J connectivity index is 2.17. The van der Waals surface area contributed by atoms with E-state index in [0.29, 0.717) is 17.1 Å². The lowest BCUT2D eigenvalue weighted by Gasteiger charge is -2.03. The first-order chi connectivity index (χ1) is 6.59. The molecule has 5 heteroatoms. The molecule has 5 nitrogen and oxygen atoms in total. The van der Waals surface area contributed by atoms with Gasteiger partial charge in [0.05, 0.1) is 0 Å². The first-order valence-corrected chi connectivity index (χ1v) is 4.10. The van der Waals surface area contributed by atoms with Crippen molar-refractivity contribution in [3.63, 3.8) is 0 Å². The smallest absolute Gasteiger partial charge is 0.320 e. The highest BCUT2D eigenvalue weighted by Gasteiger charge is 2.30. The van der Waals surface area contributed by atoms with Gasteiger partial charge in [-0.25, -0.2) is 0 Å². The van der Waals surface area contributed by atoms with Gasteiger partial charge >= 0.3 is 5.97 Å². The van der Waals surface area contributed by atoms with E-state index >= 15 is 0 Å². The van der Waals surface area contributed by atoms with Gasteiger partial charge in [0.1, 0.15) is 6.04 Å². The van der Waals surface area contributed by atoms with E-state index in [1.807, 2.05) is 0 Å². The van der Waals surface area contributed by atoms with E-state index in [9.17, 15) is 4.79 Å². The fourth-order valence-corrected chi connectivity index (χ4v) is 1.27. The van der Waals surface area contributed by atoms with Crippen molar-refractivity contribution in [1.29, 1.82) is 0 Å². The highest BCUT2D eigenvalue weighted by Crippen LogP contribution is 2.54. The van der Waals surface area contributed by atoms with E-state index in [2.05, 4.69) is 0 Å². The molecule has 0 fully saturated rings. The molecule has 1 heterocycles. The van der Waals surface area contributed by atoms with Gasteiger partial charge in [0.15, 0.2) is 11.5 Å². The van der Waals surface area contributed by atoms with Gasteiger partial charge in [0, 0.05) is 12.0 Å². The third-order valence-corrected chi connectivity index (χ3v) is 2.09. The molecule has 0 aromatic heterocycles. The highest BCUT2D eigenvalue weighted by molar-refractivity contribution is 5.75. The van der Waals surface area contributed by atoms with Crippen molar-refractivity contribution >= 4 is 5.97 Å². The maximum absolute atomic E-state index is 10.5. The number of phenolic OH excluding ortho intramolecular Hbond substituents is 1. The Kier molecular flexibility index (Phi) is 1.82. The number of rotatable bonds is 3. The van der Waals surface area contributed by atoms with E-state index in [1.54, 1.807) is 6.07 Å². The molecular formula is C9H9NO4. The lowest BCUT2D eigenvalue weighted by molar-refractivity contribution is -0.138. The van der Waals surface area contributed by atoms with Crippen LogP contribution in [-0.4, -0.2) is 22.2 Å². The molecule has 1 atom stereocenters. The number of hydrogen-bond donors (Lipinski definition) is 3. The van der Waals surface area contributed by atoms with Gasteiger partial charge in [-0.05, 0) is 6.07 Å². The Labute approximate surface area is 79.7 Å². The molecule has 4 N–H and O–H groups in total. The molecule has 1 unspecified atom stereocenters. The Morgan fingerprint density at radius 1 is 1.50 bits per heavy atom. The number of hydrogen-bond acceptors (Lipinski definition) is 4. The monoisotopic (exact) mass is 195 g/mol. The van der Waals surface area contributed by atoms with Gasteiger partial charge in [-0.1, -0.05) is 6.07 Å².